The second-order valence-electron chi connectivity index (χ2n) is 14.2. The van der Waals surface area contributed by atoms with Gasteiger partial charge in [-0.25, -0.2) is 0 Å². The van der Waals surface area contributed by atoms with Crippen molar-refractivity contribution in [2.24, 2.45) is 9.98 Å². The zero-order valence-electron chi connectivity index (χ0n) is 27.8. The first kappa shape index (κ1) is 34.5. The van der Waals surface area contributed by atoms with Gasteiger partial charge in [0.2, 0.25) is 0 Å². The van der Waals surface area contributed by atoms with Gasteiger partial charge in [0.1, 0.15) is 11.5 Å². The van der Waals surface area contributed by atoms with Crippen LogP contribution < -0.4 is 0 Å². The summed E-state index contributed by atoms with van der Waals surface area (Å²) < 4.78 is 0. The van der Waals surface area contributed by atoms with Crippen LogP contribution in [0.5, 0.6) is 11.5 Å². The number of nitrogens with zero attached hydrogens (tertiary/aromatic N) is 4. The molecule has 2 aromatic carbocycles. The van der Waals surface area contributed by atoms with E-state index in [1.54, 1.807) is 12.4 Å². The van der Waals surface area contributed by atoms with E-state index in [-0.39, 0.29) is 22.9 Å². The molecule has 0 aliphatic carbocycles. The second kappa shape index (κ2) is 14.5. The van der Waals surface area contributed by atoms with Gasteiger partial charge in [0.15, 0.2) is 0 Å². The van der Waals surface area contributed by atoms with Crippen LogP contribution in [0.15, 0.2) is 34.3 Å². The van der Waals surface area contributed by atoms with E-state index < -0.39 is 0 Å². The Bertz CT molecular complexity index is 1110. The van der Waals surface area contributed by atoms with E-state index in [4.69, 9.17) is 0 Å². The molecule has 0 unspecified atom stereocenters. The van der Waals surface area contributed by atoms with E-state index in [1.165, 1.54) is 11.1 Å². The van der Waals surface area contributed by atoms with Crippen LogP contribution in [0.25, 0.3) is 0 Å². The first-order valence-electron chi connectivity index (χ1n) is 15.0. The molecule has 6 heteroatoms. The van der Waals surface area contributed by atoms with E-state index in [9.17, 15) is 10.2 Å². The molecule has 228 valence electrons. The van der Waals surface area contributed by atoms with Gasteiger partial charge in [-0.15, -0.1) is 0 Å². The van der Waals surface area contributed by atoms with Crippen LogP contribution in [-0.4, -0.2) is 71.7 Å². The minimum absolute atomic E-state index is 0.0273. The summed E-state index contributed by atoms with van der Waals surface area (Å²) in [5, 5.41) is 22.1. The fourth-order valence-electron chi connectivity index (χ4n) is 4.55. The predicted molar refractivity (Wildman–Crippen MR) is 176 cm³/mol. The Balaban J connectivity index is 2.12. The number of benzene rings is 2. The molecule has 0 aliphatic rings. The number of phenolic OH excluding ortho intramolecular Hbond substituents is 2. The summed E-state index contributed by atoms with van der Waals surface area (Å²) in [5.41, 5.74) is 5.75. The van der Waals surface area contributed by atoms with Crippen LogP contribution in [0.4, 0.5) is 0 Å². The van der Waals surface area contributed by atoms with Crippen LogP contribution in [-0.2, 0) is 23.9 Å². The molecule has 41 heavy (non-hydrogen) atoms. The summed E-state index contributed by atoms with van der Waals surface area (Å²) >= 11 is 0. The van der Waals surface area contributed by atoms with Gasteiger partial charge in [0.05, 0.1) is 0 Å². The summed E-state index contributed by atoms with van der Waals surface area (Å²) in [6.07, 6.45) is 4.57. The molecule has 0 heterocycles. The van der Waals surface area contributed by atoms with Crippen molar-refractivity contribution in [2.75, 3.05) is 27.2 Å². The molecule has 0 saturated heterocycles. The minimum atomic E-state index is -0.0273. The van der Waals surface area contributed by atoms with Gasteiger partial charge in [0, 0.05) is 59.9 Å². The van der Waals surface area contributed by atoms with Crippen LogP contribution >= 0.6 is 0 Å². The fraction of sp³-hybridized carbons (Fsp3) is 0.600. The topological polar surface area (TPSA) is 71.7 Å². The monoisotopic (exact) mass is 564 g/mol. The van der Waals surface area contributed by atoms with Gasteiger partial charge < -0.3 is 20.0 Å². The Morgan fingerprint density at radius 3 is 1.29 bits per heavy atom. The third kappa shape index (κ3) is 10.9. The Hall–Kier alpha value is -2.70. The lowest BCUT2D eigenvalue weighted by Crippen LogP contribution is -2.26. The highest BCUT2D eigenvalue weighted by Gasteiger charge is 2.20. The van der Waals surface area contributed by atoms with Crippen molar-refractivity contribution in [1.82, 2.24) is 9.80 Å². The lowest BCUT2D eigenvalue weighted by molar-refractivity contribution is 0.266. The van der Waals surface area contributed by atoms with Crippen molar-refractivity contribution in [3.05, 3.63) is 57.6 Å². The van der Waals surface area contributed by atoms with Crippen molar-refractivity contribution < 1.29 is 10.2 Å². The fourth-order valence-corrected chi connectivity index (χ4v) is 4.55. The molecule has 0 aliphatic heterocycles. The molecule has 0 aromatic heterocycles. The molecule has 0 spiro atoms. The molecule has 6 nitrogen and oxygen atoms in total. The maximum atomic E-state index is 11.1. The summed E-state index contributed by atoms with van der Waals surface area (Å²) in [4.78, 5) is 13.6. The number of aromatic hydroxyl groups is 2. The maximum Gasteiger partial charge on any atom is 0.128 e. The quantitative estimate of drug-likeness (QED) is 0.265. The minimum Gasteiger partial charge on any atom is -0.507 e. The van der Waals surface area contributed by atoms with Crippen molar-refractivity contribution in [1.29, 1.82) is 0 Å². The van der Waals surface area contributed by atoms with Gasteiger partial charge >= 0.3 is 0 Å². The molecule has 0 bridgehead atoms. The third-order valence-corrected chi connectivity index (χ3v) is 7.15. The van der Waals surface area contributed by atoms with E-state index in [1.807, 2.05) is 27.7 Å². The number of rotatable bonds is 12. The highest BCUT2D eigenvalue weighted by atomic mass is 16.3. The average Bonchev–Trinajstić information content (AvgIpc) is 2.83. The predicted octanol–water partition coefficient (Wildman–Crippen LogP) is 7.30. The maximum absolute atomic E-state index is 11.1. The van der Waals surface area contributed by atoms with Crippen LogP contribution in [0.2, 0.25) is 0 Å². The van der Waals surface area contributed by atoms with Gasteiger partial charge in [-0.05, 0) is 95.4 Å². The van der Waals surface area contributed by atoms with Gasteiger partial charge in [-0.3, -0.25) is 9.98 Å². The number of hydrogen-bond donors (Lipinski definition) is 2. The van der Waals surface area contributed by atoms with Crippen molar-refractivity contribution in [3.63, 3.8) is 0 Å². The molecule has 2 rings (SSSR count). The Kier molecular flexibility index (Phi) is 12.2. The molecule has 2 aromatic rings. The van der Waals surface area contributed by atoms with Crippen molar-refractivity contribution in [2.45, 2.75) is 112 Å². The Morgan fingerprint density at radius 1 is 0.659 bits per heavy atom. The number of aliphatic imine (C=N–C) groups is 2. The molecule has 2 N–H and O–H groups in total. The lowest BCUT2D eigenvalue weighted by Gasteiger charge is -2.25. The molecule has 0 atom stereocenters. The molecule has 0 saturated carbocycles. The van der Waals surface area contributed by atoms with Crippen LogP contribution in [0, 0.1) is 0 Å². The molecular weight excluding hydrogens is 508 g/mol. The molecule has 0 radical (unpaired) electrons. The normalized spacial score (nSPS) is 13.3. The molecule has 0 amide bonds. The van der Waals surface area contributed by atoms with E-state index in [2.05, 4.69) is 99.7 Å². The van der Waals surface area contributed by atoms with Gasteiger partial charge in [0.25, 0.3) is 0 Å². The van der Waals surface area contributed by atoms with Crippen LogP contribution in [0.3, 0.4) is 0 Å². The summed E-state index contributed by atoms with van der Waals surface area (Å²) in [7, 11) is 4.20. The number of phenols is 2. The lowest BCUT2D eigenvalue weighted by atomic mass is 9.84. The highest BCUT2D eigenvalue weighted by molar-refractivity contribution is 5.85. The first-order chi connectivity index (χ1) is 18.9. The summed E-state index contributed by atoms with van der Waals surface area (Å²) in [5.74, 6) is 0.634. The molecular formula is C35H56N4O2. The average molecular weight is 565 g/mol. The Labute approximate surface area is 250 Å². The zero-order valence-corrected chi connectivity index (χ0v) is 27.8. The Morgan fingerprint density at radius 2 is 1.00 bits per heavy atom. The molecule has 0 fully saturated rings. The van der Waals surface area contributed by atoms with Gasteiger partial charge in [-0.1, -0.05) is 53.7 Å². The van der Waals surface area contributed by atoms with Crippen molar-refractivity contribution in [3.8, 4) is 11.5 Å². The second-order valence-corrected chi connectivity index (χ2v) is 14.2. The summed E-state index contributed by atoms with van der Waals surface area (Å²) in [6, 6.07) is 8.74. The number of hydrogen-bond acceptors (Lipinski definition) is 6. The third-order valence-electron chi connectivity index (χ3n) is 7.15. The van der Waals surface area contributed by atoms with Gasteiger partial charge in [-0.2, -0.15) is 0 Å². The first-order valence-corrected chi connectivity index (χ1v) is 15.0. The summed E-state index contributed by atoms with van der Waals surface area (Å²) in [6.45, 7) is 24.4. The zero-order chi connectivity index (χ0) is 31.1. The highest BCUT2D eigenvalue weighted by Crippen LogP contribution is 2.32. The van der Waals surface area contributed by atoms with Crippen LogP contribution in [0.1, 0.15) is 109 Å². The van der Waals surface area contributed by atoms with E-state index in [0.717, 1.165) is 41.8 Å². The SMILES string of the molecule is CC(C)/N=C/c1cc(C(C)(C)C)cc(CN(C)CCCN(C)Cc2cc(C(C)(C)C)cc(/C=N/C(C)C)c2O)c1O. The standard InChI is InChI=1S/C35H56N4O2/c1-24(2)36-20-26-16-30(34(5,6)7)18-28(32(26)40)22-38(11)14-13-15-39(12)23-29-19-31(35(8,9)10)17-27(33(29)41)21-37-25(3)4/h16-21,24-25,40-41H,13-15,22-23H2,1-12H3/b36-20+,37-21+. The van der Waals surface area contributed by atoms with Crippen molar-refractivity contribution >= 4 is 12.4 Å². The largest absolute Gasteiger partial charge is 0.507 e. The van der Waals surface area contributed by atoms with E-state index in [0.29, 0.717) is 24.6 Å². The smallest absolute Gasteiger partial charge is 0.128 e. The van der Waals surface area contributed by atoms with E-state index >= 15 is 0 Å².